The van der Waals surface area contributed by atoms with Crippen LogP contribution in [0.4, 0.5) is 10.3 Å². The standard InChI is InChI=1S/C24H29FN6O4/c1-2-19(32)8-11-35-30-18-6-9-31(10-7-18)24-28-13-17(14-29-24)20-5-3-4-16(23(20)25)15-34-22(33)12-21(26)27/h3-5,13-14H,2,6-12,15H2,1H3,(H3,26,27). The number of nitrogens with zero attached hydrogens (tertiary/aromatic N) is 4. The number of nitrogens with one attached hydrogen (secondary N) is 1. The lowest BCUT2D eigenvalue weighted by molar-refractivity contribution is -0.143. The van der Waals surface area contributed by atoms with Crippen LogP contribution in [0.3, 0.4) is 0 Å². The summed E-state index contributed by atoms with van der Waals surface area (Å²) in [6.45, 7) is 3.20. The van der Waals surface area contributed by atoms with Gasteiger partial charge in [-0.25, -0.2) is 14.4 Å². The molecule has 11 heteroatoms. The van der Waals surface area contributed by atoms with Gasteiger partial charge in [-0.2, -0.15) is 0 Å². The number of anilines is 1. The van der Waals surface area contributed by atoms with Crippen LogP contribution >= 0.6 is 0 Å². The van der Waals surface area contributed by atoms with E-state index in [2.05, 4.69) is 15.1 Å². The van der Waals surface area contributed by atoms with Gasteiger partial charge in [-0.3, -0.25) is 15.0 Å². The van der Waals surface area contributed by atoms with Gasteiger partial charge in [0, 0.05) is 67.9 Å². The molecule has 10 nitrogen and oxygen atoms in total. The molecule has 0 unspecified atom stereocenters. The molecule has 0 atom stereocenters. The molecule has 0 amide bonds. The molecule has 0 bridgehead atoms. The third-order valence-electron chi connectivity index (χ3n) is 5.43. The van der Waals surface area contributed by atoms with Gasteiger partial charge in [0.25, 0.3) is 0 Å². The highest BCUT2D eigenvalue weighted by atomic mass is 19.1. The van der Waals surface area contributed by atoms with Gasteiger partial charge in [0.1, 0.15) is 37.1 Å². The second kappa shape index (κ2) is 12.5. The number of hydrogen-bond acceptors (Lipinski definition) is 9. The minimum atomic E-state index is -0.692. The molecule has 2 aromatic rings. The highest BCUT2D eigenvalue weighted by Crippen LogP contribution is 2.26. The van der Waals surface area contributed by atoms with Crippen LogP contribution in [0.5, 0.6) is 0 Å². The molecule has 1 aromatic carbocycles. The Morgan fingerprint density at radius 1 is 1.23 bits per heavy atom. The molecule has 186 valence electrons. The Morgan fingerprint density at radius 3 is 2.60 bits per heavy atom. The van der Waals surface area contributed by atoms with Crippen LogP contribution in [-0.4, -0.2) is 53.0 Å². The number of esters is 1. The van der Waals surface area contributed by atoms with Crippen LogP contribution in [-0.2, 0) is 25.8 Å². The Morgan fingerprint density at radius 2 is 1.94 bits per heavy atom. The lowest BCUT2D eigenvalue weighted by Crippen LogP contribution is -2.35. The second-order valence-corrected chi connectivity index (χ2v) is 8.03. The summed E-state index contributed by atoms with van der Waals surface area (Å²) in [6, 6.07) is 4.78. The van der Waals surface area contributed by atoms with E-state index >= 15 is 0 Å². The first kappa shape index (κ1) is 25.7. The van der Waals surface area contributed by atoms with E-state index in [1.165, 1.54) is 6.07 Å². The zero-order valence-electron chi connectivity index (χ0n) is 19.6. The SMILES string of the molecule is CCC(=O)CCON=C1CCN(c2ncc(-c3cccc(COC(=O)CC(=N)N)c3F)cn2)CC1. The molecule has 0 saturated carbocycles. The summed E-state index contributed by atoms with van der Waals surface area (Å²) < 4.78 is 20.0. The molecule has 0 spiro atoms. The van der Waals surface area contributed by atoms with Gasteiger partial charge < -0.3 is 20.2 Å². The first-order chi connectivity index (χ1) is 16.9. The molecule has 0 aliphatic carbocycles. The van der Waals surface area contributed by atoms with Gasteiger partial charge in [-0.1, -0.05) is 30.3 Å². The molecule has 1 aliphatic heterocycles. The van der Waals surface area contributed by atoms with Gasteiger partial charge in [-0.15, -0.1) is 0 Å². The fraction of sp³-hybridized carbons (Fsp3) is 0.417. The fourth-order valence-electron chi connectivity index (χ4n) is 3.43. The van der Waals surface area contributed by atoms with Crippen molar-refractivity contribution in [1.29, 1.82) is 5.41 Å². The van der Waals surface area contributed by atoms with E-state index in [1.54, 1.807) is 24.5 Å². The van der Waals surface area contributed by atoms with Crippen molar-refractivity contribution in [2.45, 2.75) is 45.6 Å². The molecule has 2 heterocycles. The summed E-state index contributed by atoms with van der Waals surface area (Å²) in [5.41, 5.74) is 7.10. The molecular weight excluding hydrogens is 455 g/mol. The molecule has 1 fully saturated rings. The Labute approximate surface area is 202 Å². The molecule has 1 saturated heterocycles. The van der Waals surface area contributed by atoms with Crippen molar-refractivity contribution >= 4 is 29.2 Å². The van der Waals surface area contributed by atoms with Crippen LogP contribution in [0.2, 0.25) is 0 Å². The number of carbonyl (C=O) groups is 2. The summed E-state index contributed by atoms with van der Waals surface area (Å²) in [7, 11) is 0. The molecule has 35 heavy (non-hydrogen) atoms. The van der Waals surface area contributed by atoms with E-state index < -0.39 is 11.8 Å². The largest absolute Gasteiger partial charge is 0.460 e. The van der Waals surface area contributed by atoms with Gasteiger partial charge in [0.15, 0.2) is 0 Å². The van der Waals surface area contributed by atoms with Crippen LogP contribution in [0.25, 0.3) is 11.1 Å². The Bertz CT molecular complexity index is 1080. The highest BCUT2D eigenvalue weighted by molar-refractivity contribution is 5.94. The predicted molar refractivity (Wildman–Crippen MR) is 129 cm³/mol. The number of halogens is 1. The van der Waals surface area contributed by atoms with E-state index in [9.17, 15) is 14.0 Å². The lowest BCUT2D eigenvalue weighted by Gasteiger charge is -2.27. The number of ketones is 1. The summed E-state index contributed by atoms with van der Waals surface area (Å²) in [5.74, 6) is -0.841. The molecule has 1 aliphatic rings. The zero-order valence-corrected chi connectivity index (χ0v) is 19.6. The van der Waals surface area contributed by atoms with Crippen molar-refractivity contribution in [3.05, 3.63) is 42.0 Å². The molecular formula is C24H29FN6O4. The number of nitrogens with two attached hydrogens (primary N) is 1. The summed E-state index contributed by atoms with van der Waals surface area (Å²) in [6.07, 6.45) is 5.05. The Balaban J connectivity index is 1.56. The van der Waals surface area contributed by atoms with Crippen LogP contribution in [0.15, 0.2) is 35.7 Å². The zero-order chi connectivity index (χ0) is 25.2. The lowest BCUT2D eigenvalue weighted by atomic mass is 10.0. The Hall–Kier alpha value is -3.89. The number of benzene rings is 1. The number of aromatic nitrogens is 2. The molecule has 0 radical (unpaired) electrons. The van der Waals surface area contributed by atoms with E-state index in [0.717, 1.165) is 5.71 Å². The maximum absolute atomic E-state index is 15.0. The van der Waals surface area contributed by atoms with Gasteiger partial charge in [0.05, 0.1) is 5.71 Å². The summed E-state index contributed by atoms with van der Waals surface area (Å²) >= 11 is 0. The fourth-order valence-corrected chi connectivity index (χ4v) is 3.43. The van der Waals surface area contributed by atoms with Crippen molar-refractivity contribution in [3.8, 4) is 11.1 Å². The van der Waals surface area contributed by atoms with Gasteiger partial charge in [-0.05, 0) is 0 Å². The quantitative estimate of drug-likeness (QED) is 0.163. The van der Waals surface area contributed by atoms with Gasteiger partial charge >= 0.3 is 5.97 Å². The minimum Gasteiger partial charge on any atom is -0.460 e. The number of rotatable bonds is 11. The van der Waals surface area contributed by atoms with Crippen LogP contribution < -0.4 is 10.6 Å². The summed E-state index contributed by atoms with van der Waals surface area (Å²) in [5, 5.41) is 11.3. The van der Waals surface area contributed by atoms with Crippen LogP contribution in [0.1, 0.15) is 44.6 Å². The minimum absolute atomic E-state index is 0.153. The normalized spacial score (nSPS) is 13.3. The predicted octanol–water partition coefficient (Wildman–Crippen LogP) is 2.99. The molecule has 3 N–H and O–H groups in total. The number of piperidine rings is 1. The van der Waals surface area contributed by atoms with Crippen molar-refractivity contribution in [2.24, 2.45) is 10.9 Å². The number of Topliss-reactive ketones (excluding diaryl/α,β-unsaturated/α-hetero) is 1. The molecule has 1 aromatic heterocycles. The van der Waals surface area contributed by atoms with Crippen molar-refractivity contribution in [1.82, 2.24) is 9.97 Å². The van der Waals surface area contributed by atoms with Crippen molar-refractivity contribution in [3.63, 3.8) is 0 Å². The third-order valence-corrected chi connectivity index (χ3v) is 5.43. The number of ether oxygens (including phenoxy) is 1. The van der Waals surface area contributed by atoms with Crippen molar-refractivity contribution in [2.75, 3.05) is 24.6 Å². The number of oxime groups is 1. The number of carbonyl (C=O) groups excluding carboxylic acids is 2. The van der Waals surface area contributed by atoms with Crippen molar-refractivity contribution < 1.29 is 23.6 Å². The topological polar surface area (TPSA) is 144 Å². The average Bonchev–Trinajstić information content (AvgIpc) is 2.86. The van der Waals surface area contributed by atoms with E-state index in [-0.39, 0.29) is 30.2 Å². The Kier molecular flexibility index (Phi) is 9.22. The van der Waals surface area contributed by atoms with E-state index in [4.69, 9.17) is 20.7 Å². The van der Waals surface area contributed by atoms with Crippen LogP contribution in [0, 0.1) is 11.2 Å². The maximum atomic E-state index is 15.0. The maximum Gasteiger partial charge on any atom is 0.313 e. The second-order valence-electron chi connectivity index (χ2n) is 8.03. The third kappa shape index (κ3) is 7.56. The first-order valence-corrected chi connectivity index (χ1v) is 11.4. The first-order valence-electron chi connectivity index (χ1n) is 11.4. The smallest absolute Gasteiger partial charge is 0.313 e. The number of amidine groups is 1. The monoisotopic (exact) mass is 484 g/mol. The summed E-state index contributed by atoms with van der Waals surface area (Å²) in [4.78, 5) is 39.0. The van der Waals surface area contributed by atoms with E-state index in [0.29, 0.717) is 62.5 Å². The van der Waals surface area contributed by atoms with E-state index in [1.807, 2.05) is 11.8 Å². The average molecular weight is 485 g/mol. The van der Waals surface area contributed by atoms with Gasteiger partial charge in [0.2, 0.25) is 5.95 Å². The molecule has 3 rings (SSSR count). The highest BCUT2D eigenvalue weighted by Gasteiger charge is 2.19. The number of hydrogen-bond donors (Lipinski definition) is 2.